The molecule has 0 aliphatic rings. The first-order valence-electron chi connectivity index (χ1n) is 5.35. The van der Waals surface area contributed by atoms with Crippen LogP contribution in [0.15, 0.2) is 18.2 Å². The Bertz CT molecular complexity index is 401. The molecule has 5 nitrogen and oxygen atoms in total. The van der Waals surface area contributed by atoms with Crippen molar-refractivity contribution in [1.82, 2.24) is 0 Å². The fourth-order valence-electron chi connectivity index (χ4n) is 1.22. The van der Waals surface area contributed by atoms with Gasteiger partial charge in [-0.2, -0.15) is 0 Å². The van der Waals surface area contributed by atoms with E-state index < -0.39 is 4.92 Å². The van der Waals surface area contributed by atoms with Crippen molar-refractivity contribution >= 4 is 11.7 Å². The molecular formula is C12H17NO4. The van der Waals surface area contributed by atoms with E-state index >= 15 is 0 Å². The van der Waals surface area contributed by atoms with Crippen molar-refractivity contribution in [3.8, 4) is 0 Å². The maximum atomic E-state index is 11.0. The number of hydrogen-bond donors (Lipinski definition) is 0. The summed E-state index contributed by atoms with van der Waals surface area (Å²) < 4.78 is 4.51. The van der Waals surface area contributed by atoms with Crippen LogP contribution >= 0.6 is 0 Å². The number of nitro groups is 1. The summed E-state index contributed by atoms with van der Waals surface area (Å²) in [5, 5.41) is 10.5. The van der Waals surface area contributed by atoms with Crippen LogP contribution in [0.1, 0.15) is 25.0 Å². The number of methoxy groups -OCH3 is 1. The van der Waals surface area contributed by atoms with Gasteiger partial charge in [-0.15, -0.1) is 0 Å². The van der Waals surface area contributed by atoms with Gasteiger partial charge in [-0.05, 0) is 18.1 Å². The van der Waals surface area contributed by atoms with Gasteiger partial charge < -0.3 is 4.74 Å². The minimum Gasteiger partial charge on any atom is -0.469 e. The highest BCUT2D eigenvalue weighted by atomic mass is 16.6. The van der Waals surface area contributed by atoms with Crippen molar-refractivity contribution in [1.29, 1.82) is 0 Å². The highest BCUT2D eigenvalue weighted by Gasteiger charge is 2.10. The molecule has 0 aliphatic carbocycles. The van der Waals surface area contributed by atoms with E-state index in [1.165, 1.54) is 19.2 Å². The number of rotatable bonds is 3. The fraction of sp³-hybridized carbons (Fsp3) is 0.417. The standard InChI is InChI=1S/C10H11NO4.C2H6/c1-7-5-9(11(13)14)4-3-8(7)6-10(12)15-2;1-2/h3-5H,6H2,1-2H3;1-2H3. The smallest absolute Gasteiger partial charge is 0.309 e. The van der Waals surface area contributed by atoms with E-state index in [2.05, 4.69) is 4.74 Å². The number of ether oxygens (including phenoxy) is 1. The lowest BCUT2D eigenvalue weighted by atomic mass is 10.1. The van der Waals surface area contributed by atoms with Crippen LogP contribution in [-0.4, -0.2) is 18.0 Å². The largest absolute Gasteiger partial charge is 0.469 e. The maximum absolute atomic E-state index is 11.0. The average molecular weight is 239 g/mol. The van der Waals surface area contributed by atoms with E-state index in [9.17, 15) is 14.9 Å². The molecule has 0 amide bonds. The van der Waals surface area contributed by atoms with Crippen LogP contribution in [0.5, 0.6) is 0 Å². The van der Waals surface area contributed by atoms with E-state index in [0.29, 0.717) is 0 Å². The zero-order valence-corrected chi connectivity index (χ0v) is 10.5. The summed E-state index contributed by atoms with van der Waals surface area (Å²) in [6, 6.07) is 4.40. The molecule has 0 radical (unpaired) electrons. The topological polar surface area (TPSA) is 69.4 Å². The van der Waals surface area contributed by atoms with Gasteiger partial charge in [0, 0.05) is 12.1 Å². The second-order valence-corrected chi connectivity index (χ2v) is 3.12. The van der Waals surface area contributed by atoms with Gasteiger partial charge in [-0.1, -0.05) is 19.9 Å². The molecule has 0 saturated heterocycles. The van der Waals surface area contributed by atoms with Crippen molar-refractivity contribution in [3.05, 3.63) is 39.4 Å². The zero-order valence-electron chi connectivity index (χ0n) is 10.5. The van der Waals surface area contributed by atoms with Crippen LogP contribution in [-0.2, 0) is 16.0 Å². The highest BCUT2D eigenvalue weighted by molar-refractivity contribution is 5.73. The van der Waals surface area contributed by atoms with Crippen LogP contribution in [0.2, 0.25) is 0 Å². The molecule has 0 aromatic heterocycles. The SMILES string of the molecule is CC.COC(=O)Cc1ccc([N+](=O)[O-])cc1C. The number of carbonyl (C=O) groups excluding carboxylic acids is 1. The average Bonchev–Trinajstić information content (AvgIpc) is 2.33. The molecule has 0 unspecified atom stereocenters. The molecule has 0 atom stereocenters. The van der Waals surface area contributed by atoms with E-state index in [-0.39, 0.29) is 18.1 Å². The number of aryl methyl sites for hydroxylation is 1. The first-order chi connectivity index (χ1) is 8.04. The van der Waals surface area contributed by atoms with E-state index in [0.717, 1.165) is 11.1 Å². The molecule has 1 rings (SSSR count). The predicted octanol–water partition coefficient (Wildman–Crippen LogP) is 2.64. The Morgan fingerprint density at radius 2 is 2.00 bits per heavy atom. The van der Waals surface area contributed by atoms with Crippen LogP contribution in [0.3, 0.4) is 0 Å². The summed E-state index contributed by atoms with van der Waals surface area (Å²) in [5.74, 6) is -0.355. The second kappa shape index (κ2) is 7.38. The summed E-state index contributed by atoms with van der Waals surface area (Å²) >= 11 is 0. The minimum absolute atomic E-state index is 0.0288. The molecule has 0 heterocycles. The van der Waals surface area contributed by atoms with E-state index in [4.69, 9.17) is 0 Å². The number of benzene rings is 1. The van der Waals surface area contributed by atoms with Gasteiger partial charge in [0.25, 0.3) is 5.69 Å². The summed E-state index contributed by atoms with van der Waals surface area (Å²) in [4.78, 5) is 21.0. The van der Waals surface area contributed by atoms with E-state index in [1.54, 1.807) is 13.0 Å². The van der Waals surface area contributed by atoms with Gasteiger partial charge in [0.05, 0.1) is 18.5 Å². The first-order valence-corrected chi connectivity index (χ1v) is 5.35. The molecule has 0 saturated carbocycles. The normalized spacial score (nSPS) is 8.94. The molecule has 1 aromatic rings. The third-order valence-corrected chi connectivity index (χ3v) is 2.10. The lowest BCUT2D eigenvalue weighted by Crippen LogP contribution is -2.06. The van der Waals surface area contributed by atoms with Crippen molar-refractivity contribution in [2.45, 2.75) is 27.2 Å². The first kappa shape index (κ1) is 15.1. The van der Waals surface area contributed by atoms with E-state index in [1.807, 2.05) is 13.8 Å². The van der Waals surface area contributed by atoms with Crippen molar-refractivity contribution in [3.63, 3.8) is 0 Å². The van der Waals surface area contributed by atoms with Gasteiger partial charge in [-0.3, -0.25) is 14.9 Å². The second-order valence-electron chi connectivity index (χ2n) is 3.12. The monoisotopic (exact) mass is 239 g/mol. The van der Waals surface area contributed by atoms with Gasteiger partial charge >= 0.3 is 5.97 Å². The Morgan fingerprint density at radius 3 is 2.41 bits per heavy atom. The molecule has 0 spiro atoms. The maximum Gasteiger partial charge on any atom is 0.309 e. The number of carbonyl (C=O) groups is 1. The Balaban J connectivity index is 0.00000121. The fourth-order valence-corrected chi connectivity index (χ4v) is 1.22. The number of nitrogens with zero attached hydrogens (tertiary/aromatic N) is 1. The number of hydrogen-bond acceptors (Lipinski definition) is 4. The summed E-state index contributed by atoms with van der Waals surface area (Å²) in [6.07, 6.45) is 0.139. The Morgan fingerprint density at radius 1 is 1.41 bits per heavy atom. The van der Waals surface area contributed by atoms with Gasteiger partial charge in [0.2, 0.25) is 0 Å². The van der Waals surface area contributed by atoms with Crippen molar-refractivity contribution < 1.29 is 14.5 Å². The van der Waals surface area contributed by atoms with Crippen molar-refractivity contribution in [2.75, 3.05) is 7.11 Å². The highest BCUT2D eigenvalue weighted by Crippen LogP contribution is 2.17. The summed E-state index contributed by atoms with van der Waals surface area (Å²) in [5.41, 5.74) is 1.49. The number of esters is 1. The Hall–Kier alpha value is -1.91. The minimum atomic E-state index is -0.463. The number of nitro benzene ring substituents is 1. The summed E-state index contributed by atoms with van der Waals surface area (Å²) in [7, 11) is 1.31. The van der Waals surface area contributed by atoms with Crippen molar-refractivity contribution in [2.24, 2.45) is 0 Å². The molecule has 0 N–H and O–H groups in total. The molecular weight excluding hydrogens is 222 g/mol. The van der Waals surface area contributed by atoms with Crippen LogP contribution in [0.25, 0.3) is 0 Å². The molecule has 5 heteroatoms. The van der Waals surface area contributed by atoms with Gasteiger partial charge in [0.15, 0.2) is 0 Å². The van der Waals surface area contributed by atoms with Crippen LogP contribution in [0.4, 0.5) is 5.69 Å². The molecule has 0 aliphatic heterocycles. The predicted molar refractivity (Wildman–Crippen MR) is 64.9 cm³/mol. The third-order valence-electron chi connectivity index (χ3n) is 2.10. The van der Waals surface area contributed by atoms with Crippen LogP contribution in [0, 0.1) is 17.0 Å². The van der Waals surface area contributed by atoms with Gasteiger partial charge in [-0.25, -0.2) is 0 Å². The lowest BCUT2D eigenvalue weighted by Gasteiger charge is -2.03. The molecule has 0 fully saturated rings. The zero-order chi connectivity index (χ0) is 13.4. The Kier molecular flexibility index (Phi) is 6.55. The number of non-ortho nitro benzene ring substituents is 1. The molecule has 94 valence electrons. The quantitative estimate of drug-likeness (QED) is 0.462. The third kappa shape index (κ3) is 4.63. The molecule has 1 aromatic carbocycles. The van der Waals surface area contributed by atoms with Gasteiger partial charge in [0.1, 0.15) is 0 Å². The summed E-state index contributed by atoms with van der Waals surface area (Å²) in [6.45, 7) is 5.73. The Labute approximate surface area is 101 Å². The molecule has 0 bridgehead atoms. The lowest BCUT2D eigenvalue weighted by molar-refractivity contribution is -0.384. The molecule has 17 heavy (non-hydrogen) atoms. The van der Waals surface area contributed by atoms with Crippen LogP contribution < -0.4 is 0 Å².